The summed E-state index contributed by atoms with van der Waals surface area (Å²) in [6, 6.07) is 4.08. The number of anilines is 1. The Labute approximate surface area is 95.0 Å². The molecule has 0 spiro atoms. The van der Waals surface area contributed by atoms with Crippen LogP contribution < -0.4 is 9.64 Å². The van der Waals surface area contributed by atoms with Crippen LogP contribution in [0.1, 0.15) is 24.0 Å². The van der Waals surface area contributed by atoms with Gasteiger partial charge >= 0.3 is 0 Å². The van der Waals surface area contributed by atoms with Crippen molar-refractivity contribution >= 4 is 11.6 Å². The fourth-order valence-electron chi connectivity index (χ4n) is 2.72. The minimum atomic E-state index is 0.242. The summed E-state index contributed by atoms with van der Waals surface area (Å²) in [5.41, 5.74) is 3.59. The quantitative estimate of drug-likeness (QED) is 0.719. The van der Waals surface area contributed by atoms with Crippen LogP contribution in [0.4, 0.5) is 5.69 Å². The van der Waals surface area contributed by atoms with Gasteiger partial charge in [-0.3, -0.25) is 4.79 Å². The highest BCUT2D eigenvalue weighted by molar-refractivity contribution is 6.02. The van der Waals surface area contributed by atoms with Crippen molar-refractivity contribution in [2.24, 2.45) is 0 Å². The van der Waals surface area contributed by atoms with Crippen molar-refractivity contribution in [3.63, 3.8) is 0 Å². The molecular weight excluding hydrogens is 202 g/mol. The van der Waals surface area contributed by atoms with E-state index in [1.807, 2.05) is 11.0 Å². The zero-order chi connectivity index (χ0) is 11.1. The first kappa shape index (κ1) is 9.70. The van der Waals surface area contributed by atoms with Crippen LogP contribution in [0.2, 0.25) is 0 Å². The van der Waals surface area contributed by atoms with Gasteiger partial charge in [-0.25, -0.2) is 0 Å². The highest BCUT2D eigenvalue weighted by Gasteiger charge is 2.31. The average molecular weight is 217 g/mol. The van der Waals surface area contributed by atoms with Crippen LogP contribution in [0.3, 0.4) is 0 Å². The summed E-state index contributed by atoms with van der Waals surface area (Å²) in [6.07, 6.45) is 3.86. The van der Waals surface area contributed by atoms with Crippen molar-refractivity contribution in [3.05, 3.63) is 23.3 Å². The van der Waals surface area contributed by atoms with Gasteiger partial charge in [0.05, 0.1) is 19.2 Å². The molecule has 0 N–H and O–H groups in total. The monoisotopic (exact) mass is 217 g/mol. The van der Waals surface area contributed by atoms with Gasteiger partial charge in [0.15, 0.2) is 0 Å². The summed E-state index contributed by atoms with van der Waals surface area (Å²) < 4.78 is 5.29. The Balaban J connectivity index is 2.17. The van der Waals surface area contributed by atoms with E-state index in [1.165, 1.54) is 11.3 Å². The summed E-state index contributed by atoms with van der Waals surface area (Å²) in [5.74, 6) is 1.12. The van der Waals surface area contributed by atoms with Crippen LogP contribution in [0.5, 0.6) is 5.75 Å². The minimum absolute atomic E-state index is 0.242. The van der Waals surface area contributed by atoms with E-state index < -0.39 is 0 Å². The Morgan fingerprint density at radius 2 is 2.06 bits per heavy atom. The topological polar surface area (TPSA) is 29.5 Å². The fourth-order valence-corrected chi connectivity index (χ4v) is 2.72. The molecule has 2 aliphatic rings. The van der Waals surface area contributed by atoms with Gasteiger partial charge in [0.25, 0.3) is 0 Å². The summed E-state index contributed by atoms with van der Waals surface area (Å²) in [7, 11) is 1.68. The van der Waals surface area contributed by atoms with E-state index in [2.05, 4.69) is 6.07 Å². The number of rotatable bonds is 1. The lowest BCUT2D eigenvalue weighted by Gasteiger charge is -2.17. The Hall–Kier alpha value is -1.51. The molecule has 1 amide bonds. The number of ether oxygens (including phenoxy) is 1. The standard InChI is InChI=1S/C13H15NO2/c1-16-11-6-9-4-2-3-5-14-12(15)8-10(7-11)13(9)14/h6-7H,2-5,8H2,1H3. The average Bonchev–Trinajstić information content (AvgIpc) is 2.49. The van der Waals surface area contributed by atoms with Crippen molar-refractivity contribution in [1.29, 1.82) is 0 Å². The number of nitrogens with zero attached hydrogens (tertiary/aromatic N) is 1. The van der Waals surface area contributed by atoms with E-state index in [4.69, 9.17) is 4.74 Å². The molecule has 3 heteroatoms. The molecular formula is C13H15NO2. The molecule has 0 aromatic heterocycles. The molecule has 0 saturated heterocycles. The van der Waals surface area contributed by atoms with E-state index in [9.17, 15) is 4.79 Å². The van der Waals surface area contributed by atoms with Crippen LogP contribution in [0, 0.1) is 0 Å². The van der Waals surface area contributed by atoms with Gasteiger partial charge < -0.3 is 9.64 Å². The van der Waals surface area contributed by atoms with Crippen LogP contribution in [0.15, 0.2) is 12.1 Å². The summed E-state index contributed by atoms with van der Waals surface area (Å²) in [6.45, 7) is 0.880. The number of aryl methyl sites for hydroxylation is 1. The SMILES string of the molecule is COc1cc2c3c(c1)CC(=O)N3CCCC2. The van der Waals surface area contributed by atoms with Crippen LogP contribution >= 0.6 is 0 Å². The normalized spacial score (nSPS) is 18.3. The fraction of sp³-hybridized carbons (Fsp3) is 0.462. The second-order valence-corrected chi connectivity index (χ2v) is 4.47. The van der Waals surface area contributed by atoms with Gasteiger partial charge in [-0.1, -0.05) is 0 Å². The largest absolute Gasteiger partial charge is 0.497 e. The molecule has 0 bridgehead atoms. The van der Waals surface area contributed by atoms with Gasteiger partial charge in [0, 0.05) is 6.54 Å². The molecule has 2 aliphatic heterocycles. The molecule has 0 unspecified atom stereocenters. The molecule has 0 radical (unpaired) electrons. The van der Waals surface area contributed by atoms with E-state index >= 15 is 0 Å². The maximum absolute atomic E-state index is 11.9. The maximum atomic E-state index is 11.9. The first-order chi connectivity index (χ1) is 7.79. The molecule has 1 aromatic carbocycles. The van der Waals surface area contributed by atoms with Crippen LogP contribution in [0.25, 0.3) is 0 Å². The Bertz CT molecular complexity index is 453. The molecule has 16 heavy (non-hydrogen) atoms. The smallest absolute Gasteiger partial charge is 0.231 e. The summed E-state index contributed by atoms with van der Waals surface area (Å²) in [5, 5.41) is 0. The molecule has 0 aliphatic carbocycles. The first-order valence-corrected chi connectivity index (χ1v) is 5.80. The van der Waals surface area contributed by atoms with Crippen LogP contribution in [-0.2, 0) is 17.6 Å². The predicted octanol–water partition coefficient (Wildman–Crippen LogP) is 1.92. The van der Waals surface area contributed by atoms with Crippen molar-refractivity contribution in [2.75, 3.05) is 18.6 Å². The molecule has 3 rings (SSSR count). The Morgan fingerprint density at radius 3 is 2.88 bits per heavy atom. The number of carbonyl (C=O) groups is 1. The molecule has 0 atom stereocenters. The number of benzene rings is 1. The van der Waals surface area contributed by atoms with Gasteiger partial charge in [0.2, 0.25) is 5.91 Å². The number of hydrogen-bond acceptors (Lipinski definition) is 2. The third-order valence-corrected chi connectivity index (χ3v) is 3.47. The van der Waals surface area contributed by atoms with Crippen molar-refractivity contribution in [3.8, 4) is 5.75 Å². The Kier molecular flexibility index (Phi) is 2.13. The van der Waals surface area contributed by atoms with Gasteiger partial charge in [-0.15, -0.1) is 0 Å². The number of methoxy groups -OCH3 is 1. The van der Waals surface area contributed by atoms with Gasteiger partial charge in [0.1, 0.15) is 5.75 Å². The molecule has 3 nitrogen and oxygen atoms in total. The van der Waals surface area contributed by atoms with Crippen LogP contribution in [-0.4, -0.2) is 19.6 Å². The maximum Gasteiger partial charge on any atom is 0.231 e. The third-order valence-electron chi connectivity index (χ3n) is 3.47. The van der Waals surface area contributed by atoms with Gasteiger partial charge in [-0.05, 0) is 42.5 Å². The first-order valence-electron chi connectivity index (χ1n) is 5.80. The van der Waals surface area contributed by atoms with Crippen molar-refractivity contribution in [2.45, 2.75) is 25.7 Å². The lowest BCUT2D eigenvalue weighted by molar-refractivity contribution is -0.117. The zero-order valence-electron chi connectivity index (χ0n) is 9.45. The molecule has 0 saturated carbocycles. The van der Waals surface area contributed by atoms with Crippen molar-refractivity contribution in [1.82, 2.24) is 0 Å². The van der Waals surface area contributed by atoms with E-state index in [0.717, 1.165) is 37.1 Å². The lowest BCUT2D eigenvalue weighted by Crippen LogP contribution is -2.27. The number of amides is 1. The van der Waals surface area contributed by atoms with E-state index in [1.54, 1.807) is 7.11 Å². The number of carbonyl (C=O) groups excluding carboxylic acids is 1. The zero-order valence-corrected chi connectivity index (χ0v) is 9.45. The molecule has 2 heterocycles. The van der Waals surface area contributed by atoms with E-state index in [0.29, 0.717) is 6.42 Å². The van der Waals surface area contributed by atoms with E-state index in [-0.39, 0.29) is 5.91 Å². The summed E-state index contributed by atoms with van der Waals surface area (Å²) in [4.78, 5) is 13.8. The molecule has 84 valence electrons. The Morgan fingerprint density at radius 1 is 1.25 bits per heavy atom. The predicted molar refractivity (Wildman–Crippen MR) is 62.0 cm³/mol. The highest BCUT2D eigenvalue weighted by Crippen LogP contribution is 2.38. The second-order valence-electron chi connectivity index (χ2n) is 4.47. The third kappa shape index (κ3) is 1.31. The van der Waals surface area contributed by atoms with Crippen molar-refractivity contribution < 1.29 is 9.53 Å². The highest BCUT2D eigenvalue weighted by atomic mass is 16.5. The molecule has 0 fully saturated rings. The molecule has 1 aromatic rings. The summed E-state index contributed by atoms with van der Waals surface area (Å²) >= 11 is 0. The lowest BCUT2D eigenvalue weighted by atomic mass is 10.0. The second kappa shape index (κ2) is 3.51. The minimum Gasteiger partial charge on any atom is -0.497 e. The number of hydrogen-bond donors (Lipinski definition) is 0. The van der Waals surface area contributed by atoms with Gasteiger partial charge in [-0.2, -0.15) is 0 Å².